The van der Waals surface area contributed by atoms with E-state index in [0.29, 0.717) is 35.4 Å². The quantitative estimate of drug-likeness (QED) is 0.390. The van der Waals surface area contributed by atoms with Crippen molar-refractivity contribution in [2.45, 2.75) is 18.4 Å². The minimum atomic E-state index is -1.07. The minimum Gasteiger partial charge on any atom is -0.491 e. The van der Waals surface area contributed by atoms with Crippen LogP contribution in [0.5, 0.6) is 5.75 Å². The lowest BCUT2D eigenvalue weighted by atomic mass is 10.1. The first kappa shape index (κ1) is 21.0. The Kier molecular flexibility index (Phi) is 5.89. The van der Waals surface area contributed by atoms with Gasteiger partial charge < -0.3 is 18.8 Å². The monoisotopic (exact) mass is 470 g/mol. The van der Waals surface area contributed by atoms with Gasteiger partial charge >= 0.3 is 0 Å². The number of ether oxygens (including phenoxy) is 3. The SMILES string of the molecule is Clc1ccc([C@]2(Cn3ccnc3)OC[C@@H](COc3ccc(-n4cccn4)cc3)O2)c(Cl)c1. The summed E-state index contributed by atoms with van der Waals surface area (Å²) >= 11 is 12.6. The summed E-state index contributed by atoms with van der Waals surface area (Å²) in [5, 5.41) is 5.26. The normalized spacial score (nSPS) is 20.5. The van der Waals surface area contributed by atoms with Crippen LogP contribution in [0, 0.1) is 0 Å². The number of hydrogen-bond acceptors (Lipinski definition) is 5. The van der Waals surface area contributed by atoms with Crippen LogP contribution in [0.2, 0.25) is 10.0 Å². The second kappa shape index (κ2) is 8.96. The van der Waals surface area contributed by atoms with E-state index in [1.54, 1.807) is 35.5 Å². The van der Waals surface area contributed by atoms with E-state index in [1.165, 1.54) is 0 Å². The largest absolute Gasteiger partial charge is 0.491 e. The Labute approximate surface area is 195 Å². The average Bonchev–Trinajstić information content (AvgIpc) is 3.56. The maximum atomic E-state index is 6.51. The van der Waals surface area contributed by atoms with Crippen molar-refractivity contribution < 1.29 is 14.2 Å². The molecule has 0 unspecified atom stereocenters. The Bertz CT molecular complexity index is 1170. The molecule has 0 aliphatic carbocycles. The van der Waals surface area contributed by atoms with Crippen LogP contribution in [0.3, 0.4) is 0 Å². The standard InChI is InChI=1S/C23H20Cl2N4O3/c24-17-2-7-21(22(25)12-17)23(15-28-11-9-26-16-28)31-14-20(32-23)13-30-19-5-3-18(4-6-19)29-10-1-8-27-29/h1-12,16,20H,13-15H2/t20-,23-/m1/s1. The third kappa shape index (κ3) is 4.38. The highest BCUT2D eigenvalue weighted by Crippen LogP contribution is 2.40. The number of aromatic nitrogens is 4. The molecule has 1 saturated heterocycles. The lowest BCUT2D eigenvalue weighted by molar-refractivity contribution is -0.189. The molecule has 4 aromatic rings. The fourth-order valence-electron chi connectivity index (χ4n) is 3.68. The molecule has 0 radical (unpaired) electrons. The van der Waals surface area contributed by atoms with E-state index in [1.807, 2.05) is 53.4 Å². The number of rotatable bonds is 7. The lowest BCUT2D eigenvalue weighted by Crippen LogP contribution is -2.34. The molecule has 0 spiro atoms. The molecule has 1 aliphatic rings. The maximum Gasteiger partial charge on any atom is 0.215 e. The Morgan fingerprint density at radius 2 is 1.97 bits per heavy atom. The molecule has 32 heavy (non-hydrogen) atoms. The van der Waals surface area contributed by atoms with Crippen LogP contribution in [0.4, 0.5) is 0 Å². The first-order valence-corrected chi connectivity index (χ1v) is 10.8. The van der Waals surface area contributed by atoms with Crippen LogP contribution in [-0.4, -0.2) is 38.6 Å². The van der Waals surface area contributed by atoms with Crippen molar-refractivity contribution in [1.82, 2.24) is 19.3 Å². The first-order chi connectivity index (χ1) is 15.6. The molecule has 0 bridgehead atoms. The van der Waals surface area contributed by atoms with Gasteiger partial charge in [0.05, 0.1) is 30.2 Å². The van der Waals surface area contributed by atoms with E-state index in [-0.39, 0.29) is 6.10 Å². The maximum absolute atomic E-state index is 6.51. The van der Waals surface area contributed by atoms with Gasteiger partial charge in [0.1, 0.15) is 18.5 Å². The zero-order valence-corrected chi connectivity index (χ0v) is 18.5. The Balaban J connectivity index is 1.30. The topological polar surface area (TPSA) is 63.3 Å². The van der Waals surface area contributed by atoms with Crippen molar-refractivity contribution in [2.75, 3.05) is 13.2 Å². The average molecular weight is 471 g/mol. The highest BCUT2D eigenvalue weighted by Gasteiger charge is 2.45. The number of nitrogens with zero attached hydrogens (tertiary/aromatic N) is 4. The molecular formula is C23H20Cl2N4O3. The molecule has 9 heteroatoms. The van der Waals surface area contributed by atoms with Crippen LogP contribution in [0.15, 0.2) is 79.6 Å². The van der Waals surface area contributed by atoms with Gasteiger partial charge in [-0.15, -0.1) is 0 Å². The first-order valence-electron chi connectivity index (χ1n) is 10.1. The van der Waals surface area contributed by atoms with Gasteiger partial charge in [-0.2, -0.15) is 5.10 Å². The Morgan fingerprint density at radius 1 is 1.09 bits per heavy atom. The zero-order chi connectivity index (χ0) is 22.0. The molecule has 1 fully saturated rings. The highest BCUT2D eigenvalue weighted by atomic mass is 35.5. The van der Waals surface area contributed by atoms with Crippen LogP contribution in [0.1, 0.15) is 5.56 Å². The van der Waals surface area contributed by atoms with Gasteiger partial charge in [0.15, 0.2) is 0 Å². The molecule has 5 rings (SSSR count). The molecule has 0 saturated carbocycles. The van der Waals surface area contributed by atoms with Gasteiger partial charge in [0.2, 0.25) is 5.79 Å². The van der Waals surface area contributed by atoms with Crippen molar-refractivity contribution in [3.63, 3.8) is 0 Å². The third-order valence-corrected chi connectivity index (χ3v) is 5.74. The van der Waals surface area contributed by atoms with Crippen molar-refractivity contribution in [1.29, 1.82) is 0 Å². The number of halogens is 2. The van der Waals surface area contributed by atoms with E-state index in [0.717, 1.165) is 11.4 Å². The van der Waals surface area contributed by atoms with E-state index >= 15 is 0 Å². The summed E-state index contributed by atoms with van der Waals surface area (Å²) in [5.74, 6) is -0.332. The van der Waals surface area contributed by atoms with Gasteiger partial charge in [-0.05, 0) is 42.5 Å². The molecule has 0 amide bonds. The molecule has 2 atom stereocenters. The predicted molar refractivity (Wildman–Crippen MR) is 120 cm³/mol. The van der Waals surface area contributed by atoms with Gasteiger partial charge in [0.25, 0.3) is 0 Å². The number of benzene rings is 2. The predicted octanol–water partition coefficient (Wildman–Crippen LogP) is 4.72. The third-order valence-electron chi connectivity index (χ3n) is 5.19. The molecule has 2 aromatic carbocycles. The van der Waals surface area contributed by atoms with Crippen molar-refractivity contribution in [2.24, 2.45) is 0 Å². The summed E-state index contributed by atoms with van der Waals surface area (Å²) in [4.78, 5) is 4.11. The summed E-state index contributed by atoms with van der Waals surface area (Å²) in [5.41, 5.74) is 1.67. The molecule has 2 aromatic heterocycles. The Morgan fingerprint density at radius 3 is 2.69 bits per heavy atom. The summed E-state index contributed by atoms with van der Waals surface area (Å²) in [7, 11) is 0. The number of imidazole rings is 1. The molecular weight excluding hydrogens is 451 g/mol. The van der Waals surface area contributed by atoms with Crippen LogP contribution >= 0.6 is 23.2 Å². The van der Waals surface area contributed by atoms with Crippen molar-refractivity contribution >= 4 is 23.2 Å². The highest BCUT2D eigenvalue weighted by molar-refractivity contribution is 6.35. The van der Waals surface area contributed by atoms with Gasteiger partial charge in [-0.25, -0.2) is 9.67 Å². The van der Waals surface area contributed by atoms with Gasteiger partial charge in [0, 0.05) is 35.4 Å². The molecule has 1 aliphatic heterocycles. The van der Waals surface area contributed by atoms with Crippen LogP contribution < -0.4 is 4.74 Å². The van der Waals surface area contributed by atoms with Crippen molar-refractivity contribution in [3.05, 3.63) is 95.3 Å². The molecule has 3 heterocycles. The summed E-state index contributed by atoms with van der Waals surface area (Å²) in [6.07, 6.45) is 8.62. The molecule has 0 N–H and O–H groups in total. The van der Waals surface area contributed by atoms with Gasteiger partial charge in [-0.1, -0.05) is 29.3 Å². The molecule has 7 nitrogen and oxygen atoms in total. The van der Waals surface area contributed by atoms with Crippen LogP contribution in [0.25, 0.3) is 5.69 Å². The zero-order valence-electron chi connectivity index (χ0n) is 17.0. The fraction of sp³-hybridized carbons (Fsp3) is 0.217. The smallest absolute Gasteiger partial charge is 0.215 e. The second-order valence-electron chi connectivity index (χ2n) is 7.42. The summed E-state index contributed by atoms with van der Waals surface area (Å²) in [6, 6.07) is 14.9. The minimum absolute atomic E-state index is 0.281. The van der Waals surface area contributed by atoms with Crippen molar-refractivity contribution in [3.8, 4) is 11.4 Å². The second-order valence-corrected chi connectivity index (χ2v) is 8.26. The lowest BCUT2D eigenvalue weighted by Gasteiger charge is -2.30. The van der Waals surface area contributed by atoms with E-state index in [4.69, 9.17) is 37.4 Å². The summed E-state index contributed by atoms with van der Waals surface area (Å²) in [6.45, 7) is 1.08. The molecule has 164 valence electrons. The fourth-order valence-corrected chi connectivity index (χ4v) is 4.23. The summed E-state index contributed by atoms with van der Waals surface area (Å²) < 4.78 is 22.2. The number of hydrogen-bond donors (Lipinski definition) is 0. The van der Waals surface area contributed by atoms with Crippen LogP contribution in [-0.2, 0) is 21.8 Å². The van der Waals surface area contributed by atoms with E-state index in [9.17, 15) is 0 Å². The van der Waals surface area contributed by atoms with Gasteiger partial charge in [-0.3, -0.25) is 0 Å². The van der Waals surface area contributed by atoms with E-state index < -0.39 is 5.79 Å². The Hall–Kier alpha value is -2.84. The van der Waals surface area contributed by atoms with E-state index in [2.05, 4.69) is 10.1 Å².